The van der Waals surface area contributed by atoms with Crippen molar-refractivity contribution in [3.63, 3.8) is 0 Å². The average Bonchev–Trinajstić information content (AvgIpc) is 2.47. The van der Waals surface area contributed by atoms with E-state index in [9.17, 15) is 22.0 Å². The number of Topliss-reactive ketones (excluding diaryl/α,β-unsaturated/α-hetero) is 1. The lowest BCUT2D eigenvalue weighted by Gasteiger charge is -2.24. The van der Waals surface area contributed by atoms with Gasteiger partial charge in [-0.25, -0.2) is 21.9 Å². The summed E-state index contributed by atoms with van der Waals surface area (Å²) in [5.41, 5.74) is 0.562. The molecule has 0 aliphatic heterocycles. The minimum Gasteiger partial charge on any atom is -0.454 e. The Labute approximate surface area is 139 Å². The molecule has 0 amide bonds. The van der Waals surface area contributed by atoms with Crippen molar-refractivity contribution >= 4 is 15.8 Å². The van der Waals surface area contributed by atoms with E-state index in [0.717, 1.165) is 18.4 Å². The Bertz CT molecular complexity index is 844. The van der Waals surface area contributed by atoms with Gasteiger partial charge in [-0.05, 0) is 31.1 Å². The van der Waals surface area contributed by atoms with Gasteiger partial charge in [-0.2, -0.15) is 0 Å². The van der Waals surface area contributed by atoms with Crippen molar-refractivity contribution in [1.29, 1.82) is 0 Å². The van der Waals surface area contributed by atoms with Crippen LogP contribution >= 0.6 is 0 Å². The van der Waals surface area contributed by atoms with E-state index >= 15 is 0 Å². The Morgan fingerprint density at radius 2 is 1.96 bits per heavy atom. The number of carbonyl (C=O) groups excluding carboxylic acids is 1. The molecule has 0 saturated carbocycles. The van der Waals surface area contributed by atoms with E-state index < -0.39 is 33.5 Å². The SMILES string of the molecule is C[CH]C1=CC(NS(C)(=O)=O)C(=O)C(C)=C1Oc1ccc(F)cc1F. The lowest BCUT2D eigenvalue weighted by atomic mass is 9.92. The fourth-order valence-corrected chi connectivity index (χ4v) is 2.88. The molecule has 129 valence electrons. The van der Waals surface area contributed by atoms with E-state index in [1.807, 2.05) is 0 Å². The number of benzene rings is 1. The predicted molar refractivity (Wildman–Crippen MR) is 84.5 cm³/mol. The van der Waals surface area contributed by atoms with Gasteiger partial charge < -0.3 is 4.74 Å². The quantitative estimate of drug-likeness (QED) is 0.878. The molecule has 1 aromatic carbocycles. The molecule has 5 nitrogen and oxygen atoms in total. The molecule has 0 aromatic heterocycles. The van der Waals surface area contributed by atoms with E-state index in [1.165, 1.54) is 13.0 Å². The molecule has 0 saturated heterocycles. The van der Waals surface area contributed by atoms with Crippen LogP contribution in [-0.2, 0) is 14.8 Å². The topological polar surface area (TPSA) is 72.5 Å². The van der Waals surface area contributed by atoms with E-state index in [1.54, 1.807) is 13.3 Å². The molecule has 1 aromatic rings. The molecule has 0 spiro atoms. The smallest absolute Gasteiger partial charge is 0.209 e. The van der Waals surface area contributed by atoms with Crippen molar-refractivity contribution in [3.05, 3.63) is 59.2 Å². The van der Waals surface area contributed by atoms with Crippen molar-refractivity contribution in [3.8, 4) is 5.75 Å². The van der Waals surface area contributed by atoms with Crippen LogP contribution in [0.15, 0.2) is 41.2 Å². The Morgan fingerprint density at radius 1 is 1.29 bits per heavy atom. The highest BCUT2D eigenvalue weighted by atomic mass is 32.2. The molecule has 2 rings (SSSR count). The highest BCUT2D eigenvalue weighted by Gasteiger charge is 2.30. The second-order valence-electron chi connectivity index (χ2n) is 5.27. The van der Waals surface area contributed by atoms with Crippen LogP contribution in [0, 0.1) is 18.1 Å². The Balaban J connectivity index is 2.39. The van der Waals surface area contributed by atoms with Gasteiger partial charge in [0.1, 0.15) is 17.6 Å². The standard InChI is InChI=1S/C16H16F2NO4S/c1-4-10-7-13(19-24(3,21)22)15(20)9(2)16(10)23-14-6-5-11(17)8-12(14)18/h4-8,13,19H,1-3H3. The Hall–Kier alpha value is -2.06. The van der Waals surface area contributed by atoms with Crippen LogP contribution < -0.4 is 9.46 Å². The second-order valence-corrected chi connectivity index (χ2v) is 7.05. The van der Waals surface area contributed by atoms with E-state index in [4.69, 9.17) is 4.74 Å². The molecule has 0 bridgehead atoms. The maximum absolute atomic E-state index is 13.8. The Kier molecular flexibility index (Phi) is 5.19. The molecule has 1 unspecified atom stereocenters. The highest BCUT2D eigenvalue weighted by molar-refractivity contribution is 7.88. The van der Waals surface area contributed by atoms with Crippen molar-refractivity contribution in [2.24, 2.45) is 0 Å². The van der Waals surface area contributed by atoms with Gasteiger partial charge >= 0.3 is 0 Å². The van der Waals surface area contributed by atoms with Gasteiger partial charge in [0.05, 0.1) is 6.26 Å². The predicted octanol–water partition coefficient (Wildman–Crippen LogP) is 2.27. The monoisotopic (exact) mass is 356 g/mol. The second kappa shape index (κ2) is 6.82. The third-order valence-electron chi connectivity index (χ3n) is 3.36. The van der Waals surface area contributed by atoms with Crippen molar-refractivity contribution in [2.75, 3.05) is 6.26 Å². The molecule has 1 atom stereocenters. The number of halogens is 2. The minimum atomic E-state index is -3.59. The normalized spacial score (nSPS) is 18.6. The third-order valence-corrected chi connectivity index (χ3v) is 4.04. The largest absolute Gasteiger partial charge is 0.454 e. The van der Waals surface area contributed by atoms with Crippen LogP contribution in [0.2, 0.25) is 0 Å². The van der Waals surface area contributed by atoms with Gasteiger partial charge in [-0.15, -0.1) is 0 Å². The summed E-state index contributed by atoms with van der Waals surface area (Å²) < 4.78 is 57.1. The molecular formula is C16H16F2NO4S. The zero-order chi connectivity index (χ0) is 18.1. The molecule has 0 heterocycles. The number of allylic oxidation sites excluding steroid dienone is 1. The third kappa shape index (κ3) is 4.07. The molecule has 1 N–H and O–H groups in total. The molecule has 1 aliphatic carbocycles. The number of sulfonamides is 1. The first-order chi connectivity index (χ1) is 11.1. The first kappa shape index (κ1) is 18.3. The maximum Gasteiger partial charge on any atom is 0.209 e. The number of hydrogen-bond donors (Lipinski definition) is 1. The van der Waals surface area contributed by atoms with Crippen LogP contribution in [0.3, 0.4) is 0 Å². The molecule has 1 radical (unpaired) electrons. The molecule has 8 heteroatoms. The van der Waals surface area contributed by atoms with Crippen LogP contribution in [0.4, 0.5) is 8.78 Å². The summed E-state index contributed by atoms with van der Waals surface area (Å²) >= 11 is 0. The van der Waals surface area contributed by atoms with Gasteiger partial charge in [0.25, 0.3) is 0 Å². The fourth-order valence-electron chi connectivity index (χ4n) is 2.24. The van der Waals surface area contributed by atoms with Crippen LogP contribution in [0.5, 0.6) is 5.75 Å². The van der Waals surface area contributed by atoms with Gasteiger partial charge in [0.15, 0.2) is 17.3 Å². The molecular weight excluding hydrogens is 340 g/mol. The zero-order valence-corrected chi connectivity index (χ0v) is 14.1. The van der Waals surface area contributed by atoms with E-state index in [0.29, 0.717) is 11.6 Å². The summed E-state index contributed by atoms with van der Waals surface area (Å²) in [5, 5.41) is 0. The van der Waals surface area contributed by atoms with Crippen molar-refractivity contribution in [2.45, 2.75) is 19.9 Å². The summed E-state index contributed by atoms with van der Waals surface area (Å²) in [4.78, 5) is 12.3. The van der Waals surface area contributed by atoms with Gasteiger partial charge in [0.2, 0.25) is 10.0 Å². The van der Waals surface area contributed by atoms with Crippen molar-refractivity contribution in [1.82, 2.24) is 4.72 Å². The summed E-state index contributed by atoms with van der Waals surface area (Å²) in [6, 6.07) is 1.76. The Morgan fingerprint density at radius 3 is 2.50 bits per heavy atom. The summed E-state index contributed by atoms with van der Waals surface area (Å²) in [6.07, 6.45) is 3.93. The maximum atomic E-state index is 13.8. The number of ether oxygens (including phenoxy) is 1. The van der Waals surface area contributed by atoms with E-state index in [-0.39, 0.29) is 17.1 Å². The minimum absolute atomic E-state index is 0.0968. The highest BCUT2D eigenvalue weighted by Crippen LogP contribution is 2.29. The number of ketones is 1. The lowest BCUT2D eigenvalue weighted by Crippen LogP contribution is -2.41. The van der Waals surface area contributed by atoms with Crippen LogP contribution in [-0.4, -0.2) is 26.5 Å². The first-order valence-corrected chi connectivity index (χ1v) is 8.88. The van der Waals surface area contributed by atoms with Gasteiger partial charge in [-0.1, -0.05) is 13.0 Å². The van der Waals surface area contributed by atoms with Gasteiger partial charge in [-0.3, -0.25) is 4.79 Å². The fraction of sp³-hybridized carbons (Fsp3) is 0.250. The summed E-state index contributed by atoms with van der Waals surface area (Å²) in [6.45, 7) is 3.11. The number of nitrogens with one attached hydrogen (secondary N) is 1. The number of rotatable bonds is 5. The van der Waals surface area contributed by atoms with Crippen LogP contribution in [0.25, 0.3) is 0 Å². The molecule has 0 fully saturated rings. The lowest BCUT2D eigenvalue weighted by molar-refractivity contribution is -0.116. The molecule has 1 aliphatic rings. The number of carbonyl (C=O) groups is 1. The molecule has 24 heavy (non-hydrogen) atoms. The zero-order valence-electron chi connectivity index (χ0n) is 13.3. The average molecular weight is 356 g/mol. The van der Waals surface area contributed by atoms with E-state index in [2.05, 4.69) is 4.72 Å². The summed E-state index contributed by atoms with van der Waals surface area (Å²) in [5.74, 6) is -2.31. The van der Waals surface area contributed by atoms with Gasteiger partial charge in [0, 0.05) is 11.6 Å². The van der Waals surface area contributed by atoms with Crippen molar-refractivity contribution < 1.29 is 26.7 Å². The first-order valence-electron chi connectivity index (χ1n) is 6.99. The number of hydrogen-bond acceptors (Lipinski definition) is 4. The summed E-state index contributed by atoms with van der Waals surface area (Å²) in [7, 11) is -3.59. The van der Waals surface area contributed by atoms with Crippen LogP contribution in [0.1, 0.15) is 13.8 Å².